The van der Waals surface area contributed by atoms with Crippen molar-refractivity contribution in [3.63, 3.8) is 0 Å². The van der Waals surface area contributed by atoms with Crippen LogP contribution >= 0.6 is 39.1 Å². The number of rotatable bonds is 5. The summed E-state index contributed by atoms with van der Waals surface area (Å²) in [5.41, 5.74) is 0. The van der Waals surface area contributed by atoms with E-state index < -0.39 is 10.0 Å². The van der Waals surface area contributed by atoms with Gasteiger partial charge in [0.15, 0.2) is 0 Å². The van der Waals surface area contributed by atoms with Crippen molar-refractivity contribution in [2.45, 2.75) is 36.6 Å². The molecule has 0 amide bonds. The highest BCUT2D eigenvalue weighted by Gasteiger charge is 2.35. The van der Waals surface area contributed by atoms with E-state index in [-0.39, 0.29) is 10.9 Å². The highest BCUT2D eigenvalue weighted by molar-refractivity contribution is 9.09. The first-order chi connectivity index (χ1) is 9.45. The van der Waals surface area contributed by atoms with Crippen molar-refractivity contribution in [3.8, 4) is 0 Å². The highest BCUT2D eigenvalue weighted by atomic mass is 79.9. The predicted octanol–water partition coefficient (Wildman–Crippen LogP) is 4.32. The van der Waals surface area contributed by atoms with Gasteiger partial charge < -0.3 is 0 Å². The summed E-state index contributed by atoms with van der Waals surface area (Å²) in [6.45, 7) is 0.569. The van der Waals surface area contributed by atoms with E-state index in [1.807, 2.05) is 0 Å². The lowest BCUT2D eigenvalue weighted by molar-refractivity contribution is 0.369. The van der Waals surface area contributed by atoms with Crippen molar-refractivity contribution in [2.24, 2.45) is 0 Å². The molecule has 1 atom stereocenters. The van der Waals surface area contributed by atoms with Crippen molar-refractivity contribution in [3.05, 3.63) is 28.2 Å². The van der Waals surface area contributed by atoms with Gasteiger partial charge in [-0.1, -0.05) is 39.1 Å². The Morgan fingerprint density at radius 1 is 1.25 bits per heavy atom. The zero-order valence-electron chi connectivity index (χ0n) is 10.9. The molecular weight excluding hydrogens is 385 g/mol. The van der Waals surface area contributed by atoms with Crippen LogP contribution in [0.3, 0.4) is 0 Å². The molecule has 0 radical (unpaired) electrons. The minimum absolute atomic E-state index is 0.0790. The van der Waals surface area contributed by atoms with Crippen LogP contribution in [0, 0.1) is 0 Å². The maximum atomic E-state index is 12.7. The third kappa shape index (κ3) is 3.69. The van der Waals surface area contributed by atoms with Gasteiger partial charge in [-0.25, -0.2) is 8.42 Å². The van der Waals surface area contributed by atoms with Gasteiger partial charge in [-0.05, 0) is 43.9 Å². The first kappa shape index (κ1) is 16.6. The predicted molar refractivity (Wildman–Crippen MR) is 86.4 cm³/mol. The largest absolute Gasteiger partial charge is 0.243 e. The molecule has 0 aliphatic carbocycles. The van der Waals surface area contributed by atoms with Crippen LogP contribution in [0.25, 0.3) is 0 Å². The molecular formula is C13H16BrCl2NO2S. The lowest BCUT2D eigenvalue weighted by Crippen LogP contribution is -2.35. The molecule has 1 heterocycles. The van der Waals surface area contributed by atoms with Crippen LogP contribution < -0.4 is 0 Å². The number of hydrogen-bond donors (Lipinski definition) is 0. The summed E-state index contributed by atoms with van der Waals surface area (Å²) in [5, 5.41) is 1.57. The molecule has 0 spiro atoms. The van der Waals surface area contributed by atoms with E-state index in [1.54, 1.807) is 4.31 Å². The molecule has 0 saturated carbocycles. The molecule has 0 bridgehead atoms. The van der Waals surface area contributed by atoms with E-state index in [0.29, 0.717) is 16.6 Å². The van der Waals surface area contributed by atoms with E-state index in [9.17, 15) is 8.42 Å². The zero-order chi connectivity index (χ0) is 14.8. The lowest BCUT2D eigenvalue weighted by Gasteiger charge is -2.24. The van der Waals surface area contributed by atoms with Gasteiger partial charge in [0.05, 0.1) is 4.90 Å². The molecule has 2 rings (SSSR count). The van der Waals surface area contributed by atoms with Gasteiger partial charge in [-0.2, -0.15) is 4.31 Å². The third-order valence-corrected chi connectivity index (χ3v) is 6.36. The van der Waals surface area contributed by atoms with E-state index in [2.05, 4.69) is 15.9 Å². The zero-order valence-corrected chi connectivity index (χ0v) is 14.8. The Bertz CT molecular complexity index is 559. The minimum atomic E-state index is -3.51. The maximum Gasteiger partial charge on any atom is 0.243 e. The molecule has 20 heavy (non-hydrogen) atoms. The number of alkyl halides is 1. The molecule has 1 aromatic rings. The molecule has 3 nitrogen and oxygen atoms in total. The van der Waals surface area contributed by atoms with Crippen LogP contribution in [0.2, 0.25) is 10.0 Å². The third-order valence-electron chi connectivity index (χ3n) is 3.44. The summed E-state index contributed by atoms with van der Waals surface area (Å²) in [6, 6.07) is 4.54. The summed E-state index contributed by atoms with van der Waals surface area (Å²) >= 11 is 15.2. The van der Waals surface area contributed by atoms with E-state index >= 15 is 0 Å². The van der Waals surface area contributed by atoms with Crippen LogP contribution in [-0.4, -0.2) is 30.6 Å². The second kappa shape index (κ2) is 6.97. The van der Waals surface area contributed by atoms with Gasteiger partial charge in [0.25, 0.3) is 0 Å². The van der Waals surface area contributed by atoms with Gasteiger partial charge in [0, 0.05) is 28.0 Å². The van der Waals surface area contributed by atoms with Crippen molar-refractivity contribution >= 4 is 49.2 Å². The van der Waals surface area contributed by atoms with Gasteiger partial charge in [0.1, 0.15) is 0 Å². The van der Waals surface area contributed by atoms with Gasteiger partial charge in [-0.3, -0.25) is 0 Å². The van der Waals surface area contributed by atoms with E-state index in [1.165, 1.54) is 18.2 Å². The molecule has 1 saturated heterocycles. The summed E-state index contributed by atoms with van der Waals surface area (Å²) in [4.78, 5) is 0.181. The fourth-order valence-electron chi connectivity index (χ4n) is 2.54. The van der Waals surface area contributed by atoms with Gasteiger partial charge in [-0.15, -0.1) is 0 Å². The maximum absolute atomic E-state index is 12.7. The van der Waals surface area contributed by atoms with E-state index in [0.717, 1.165) is 31.0 Å². The molecule has 1 fully saturated rings. The molecule has 0 aromatic heterocycles. The van der Waals surface area contributed by atoms with Crippen molar-refractivity contribution < 1.29 is 8.42 Å². The Kier molecular flexibility index (Phi) is 5.77. The Balaban J connectivity index is 2.29. The van der Waals surface area contributed by atoms with Crippen LogP contribution in [0.4, 0.5) is 0 Å². The fraction of sp³-hybridized carbons (Fsp3) is 0.538. The monoisotopic (exact) mass is 399 g/mol. The summed E-state index contributed by atoms with van der Waals surface area (Å²) in [6.07, 6.45) is 3.66. The number of halogens is 3. The molecule has 1 aliphatic rings. The fourth-order valence-corrected chi connectivity index (χ4v) is 5.31. The normalized spacial score (nSPS) is 20.4. The summed E-state index contributed by atoms with van der Waals surface area (Å²) in [7, 11) is -3.51. The van der Waals surface area contributed by atoms with Crippen molar-refractivity contribution in [1.29, 1.82) is 0 Å². The summed E-state index contributed by atoms with van der Waals surface area (Å²) < 4.78 is 27.0. The first-order valence-corrected chi connectivity index (χ1v) is 9.81. The second-order valence-corrected chi connectivity index (χ2v) is 8.40. The van der Waals surface area contributed by atoms with Gasteiger partial charge >= 0.3 is 0 Å². The molecule has 1 aliphatic heterocycles. The SMILES string of the molecule is O=S(=O)(c1cc(Cl)cc(Cl)c1)N1CCCC1CCCBr. The topological polar surface area (TPSA) is 37.4 Å². The number of sulfonamides is 1. The van der Waals surface area contributed by atoms with E-state index in [4.69, 9.17) is 23.2 Å². The number of nitrogens with zero attached hydrogens (tertiary/aromatic N) is 1. The second-order valence-electron chi connectivity index (χ2n) is 4.85. The number of hydrogen-bond acceptors (Lipinski definition) is 2. The first-order valence-electron chi connectivity index (χ1n) is 6.49. The van der Waals surface area contributed by atoms with Crippen molar-refractivity contribution in [1.82, 2.24) is 4.31 Å². The smallest absolute Gasteiger partial charge is 0.207 e. The Hall–Kier alpha value is 0.190. The molecule has 1 unspecified atom stereocenters. The average Bonchev–Trinajstić information content (AvgIpc) is 2.84. The van der Waals surface area contributed by atoms with Crippen molar-refractivity contribution in [2.75, 3.05) is 11.9 Å². The van der Waals surface area contributed by atoms with Gasteiger partial charge in [0.2, 0.25) is 10.0 Å². The average molecular weight is 401 g/mol. The van der Waals surface area contributed by atoms with Crippen LogP contribution in [0.15, 0.2) is 23.1 Å². The molecule has 7 heteroatoms. The minimum Gasteiger partial charge on any atom is -0.207 e. The van der Waals surface area contributed by atoms with Crippen LogP contribution in [-0.2, 0) is 10.0 Å². The Labute approximate surface area is 138 Å². The number of benzene rings is 1. The van der Waals surface area contributed by atoms with Crippen LogP contribution in [0.1, 0.15) is 25.7 Å². The van der Waals surface area contributed by atoms with Crippen LogP contribution in [0.5, 0.6) is 0 Å². The Morgan fingerprint density at radius 2 is 1.90 bits per heavy atom. The highest BCUT2D eigenvalue weighted by Crippen LogP contribution is 2.31. The standard InChI is InChI=1S/C13H16BrCl2NO2S/c14-5-1-3-12-4-2-6-17(12)20(18,19)13-8-10(15)7-11(16)9-13/h7-9,12H,1-6H2. The lowest BCUT2D eigenvalue weighted by atomic mass is 10.1. The quantitative estimate of drug-likeness (QED) is 0.690. The molecule has 1 aromatic carbocycles. The molecule has 0 N–H and O–H groups in total. The summed E-state index contributed by atoms with van der Waals surface area (Å²) in [5.74, 6) is 0. The molecule has 112 valence electrons. The Morgan fingerprint density at radius 3 is 2.50 bits per heavy atom.